The summed E-state index contributed by atoms with van der Waals surface area (Å²) >= 11 is 3.26. The van der Waals surface area contributed by atoms with E-state index in [1.54, 1.807) is 0 Å². The van der Waals surface area contributed by atoms with E-state index < -0.39 is 0 Å². The van der Waals surface area contributed by atoms with Crippen molar-refractivity contribution in [3.8, 4) is 11.6 Å². The van der Waals surface area contributed by atoms with Crippen molar-refractivity contribution in [1.82, 2.24) is 9.97 Å². The van der Waals surface area contributed by atoms with Gasteiger partial charge in [0.15, 0.2) is 16.3 Å². The van der Waals surface area contributed by atoms with Crippen molar-refractivity contribution in [2.45, 2.75) is 26.8 Å². The summed E-state index contributed by atoms with van der Waals surface area (Å²) in [4.78, 5) is 8.91. The molecule has 5 heteroatoms. The molecule has 0 fully saturated rings. The molecule has 0 saturated heterocycles. The zero-order valence-electron chi connectivity index (χ0n) is 9.83. The van der Waals surface area contributed by atoms with E-state index in [1.807, 2.05) is 19.1 Å². The SMILES string of the molecule is CCc1c(C)nc(-c2ccc(Br)o2)nc1CN. The fourth-order valence-corrected chi connectivity index (χ4v) is 2.14. The molecule has 0 aliphatic carbocycles. The quantitative estimate of drug-likeness (QED) is 0.946. The molecule has 2 heterocycles. The maximum Gasteiger partial charge on any atom is 0.196 e. The van der Waals surface area contributed by atoms with Crippen molar-refractivity contribution in [3.63, 3.8) is 0 Å². The summed E-state index contributed by atoms with van der Waals surface area (Å²) in [5.41, 5.74) is 8.70. The minimum Gasteiger partial charge on any atom is -0.446 e. The van der Waals surface area contributed by atoms with Crippen molar-refractivity contribution < 1.29 is 4.42 Å². The molecular formula is C12H14BrN3O. The zero-order valence-corrected chi connectivity index (χ0v) is 11.4. The minimum atomic E-state index is 0.418. The van der Waals surface area contributed by atoms with E-state index in [4.69, 9.17) is 10.2 Å². The molecule has 17 heavy (non-hydrogen) atoms. The van der Waals surface area contributed by atoms with Gasteiger partial charge in [-0.1, -0.05) is 6.92 Å². The number of aromatic nitrogens is 2. The lowest BCUT2D eigenvalue weighted by Crippen LogP contribution is -2.09. The molecule has 2 rings (SSSR count). The second-order valence-corrected chi connectivity index (χ2v) is 4.50. The third kappa shape index (κ3) is 2.40. The number of halogens is 1. The van der Waals surface area contributed by atoms with Crippen LogP contribution in [0.1, 0.15) is 23.9 Å². The molecule has 0 aliphatic heterocycles. The van der Waals surface area contributed by atoms with Gasteiger partial charge in [-0.3, -0.25) is 0 Å². The van der Waals surface area contributed by atoms with Crippen LogP contribution in [0.4, 0.5) is 0 Å². The number of hydrogen-bond donors (Lipinski definition) is 1. The molecule has 0 atom stereocenters. The summed E-state index contributed by atoms with van der Waals surface area (Å²) in [5, 5.41) is 0. The largest absolute Gasteiger partial charge is 0.446 e. The molecular weight excluding hydrogens is 282 g/mol. The highest BCUT2D eigenvalue weighted by Crippen LogP contribution is 2.24. The average Bonchev–Trinajstić information content (AvgIpc) is 2.74. The molecule has 90 valence electrons. The summed E-state index contributed by atoms with van der Waals surface area (Å²) in [6, 6.07) is 3.66. The van der Waals surface area contributed by atoms with Crippen molar-refractivity contribution in [1.29, 1.82) is 0 Å². The first-order valence-corrected chi connectivity index (χ1v) is 6.27. The van der Waals surface area contributed by atoms with Gasteiger partial charge in [-0.05, 0) is 47.0 Å². The van der Waals surface area contributed by atoms with Crippen LogP contribution in [0.15, 0.2) is 21.2 Å². The lowest BCUT2D eigenvalue weighted by Gasteiger charge is -2.09. The molecule has 2 aromatic heterocycles. The Bertz CT molecular complexity index is 537. The van der Waals surface area contributed by atoms with Gasteiger partial charge in [-0.15, -0.1) is 0 Å². The molecule has 0 amide bonds. The van der Waals surface area contributed by atoms with Crippen molar-refractivity contribution in [2.24, 2.45) is 5.73 Å². The Labute approximate surface area is 108 Å². The fourth-order valence-electron chi connectivity index (χ4n) is 1.83. The molecule has 0 bridgehead atoms. The number of rotatable bonds is 3. The molecule has 0 unspecified atom stereocenters. The normalized spacial score (nSPS) is 10.8. The lowest BCUT2D eigenvalue weighted by atomic mass is 10.1. The highest BCUT2D eigenvalue weighted by molar-refractivity contribution is 9.10. The van der Waals surface area contributed by atoms with Crippen LogP contribution in [0.5, 0.6) is 0 Å². The van der Waals surface area contributed by atoms with Gasteiger partial charge in [0.25, 0.3) is 0 Å². The number of nitrogens with two attached hydrogens (primary N) is 1. The van der Waals surface area contributed by atoms with Gasteiger partial charge in [-0.2, -0.15) is 0 Å². The number of hydrogen-bond acceptors (Lipinski definition) is 4. The highest BCUT2D eigenvalue weighted by atomic mass is 79.9. The van der Waals surface area contributed by atoms with E-state index >= 15 is 0 Å². The monoisotopic (exact) mass is 295 g/mol. The highest BCUT2D eigenvalue weighted by Gasteiger charge is 2.12. The van der Waals surface area contributed by atoms with Crippen LogP contribution in [0.25, 0.3) is 11.6 Å². The Hall–Kier alpha value is -1.20. The number of aryl methyl sites for hydroxylation is 1. The van der Waals surface area contributed by atoms with Crippen molar-refractivity contribution in [3.05, 3.63) is 33.8 Å². The standard InChI is InChI=1S/C12H14BrN3O/c1-3-8-7(2)15-12(16-9(8)6-14)10-4-5-11(13)17-10/h4-5H,3,6,14H2,1-2H3. The summed E-state index contributed by atoms with van der Waals surface area (Å²) in [6.07, 6.45) is 0.889. The lowest BCUT2D eigenvalue weighted by molar-refractivity contribution is 0.550. The summed E-state index contributed by atoms with van der Waals surface area (Å²) in [6.45, 7) is 4.47. The van der Waals surface area contributed by atoms with E-state index in [0.29, 0.717) is 22.8 Å². The second kappa shape index (κ2) is 4.98. The smallest absolute Gasteiger partial charge is 0.196 e. The Morgan fingerprint density at radius 2 is 2.12 bits per heavy atom. The number of nitrogens with zero attached hydrogens (tertiary/aromatic N) is 2. The Balaban J connectivity index is 2.53. The summed E-state index contributed by atoms with van der Waals surface area (Å²) in [7, 11) is 0. The van der Waals surface area contributed by atoms with E-state index in [-0.39, 0.29) is 0 Å². The molecule has 0 spiro atoms. The maximum atomic E-state index is 5.72. The van der Waals surface area contributed by atoms with E-state index in [2.05, 4.69) is 32.8 Å². The van der Waals surface area contributed by atoms with Crippen LogP contribution in [0.2, 0.25) is 0 Å². The molecule has 0 saturated carbocycles. The van der Waals surface area contributed by atoms with Gasteiger partial charge in [0.2, 0.25) is 0 Å². The molecule has 2 N–H and O–H groups in total. The zero-order chi connectivity index (χ0) is 12.4. The number of furan rings is 1. The first kappa shape index (κ1) is 12.3. The molecule has 0 aromatic carbocycles. The second-order valence-electron chi connectivity index (χ2n) is 3.72. The Morgan fingerprint density at radius 3 is 2.65 bits per heavy atom. The third-order valence-corrected chi connectivity index (χ3v) is 3.07. The van der Waals surface area contributed by atoms with E-state index in [1.165, 1.54) is 0 Å². The van der Waals surface area contributed by atoms with Gasteiger partial charge in [0.1, 0.15) is 0 Å². The van der Waals surface area contributed by atoms with Crippen molar-refractivity contribution >= 4 is 15.9 Å². The fraction of sp³-hybridized carbons (Fsp3) is 0.333. The van der Waals surface area contributed by atoms with Crippen LogP contribution in [-0.2, 0) is 13.0 Å². The minimum absolute atomic E-state index is 0.418. The van der Waals surface area contributed by atoms with Crippen LogP contribution < -0.4 is 5.73 Å². The third-order valence-electron chi connectivity index (χ3n) is 2.64. The topological polar surface area (TPSA) is 64.9 Å². The summed E-state index contributed by atoms with van der Waals surface area (Å²) in [5.74, 6) is 1.24. The van der Waals surface area contributed by atoms with Crippen LogP contribution in [0.3, 0.4) is 0 Å². The van der Waals surface area contributed by atoms with Gasteiger partial charge in [-0.25, -0.2) is 9.97 Å². The molecule has 2 aromatic rings. The van der Waals surface area contributed by atoms with Gasteiger partial charge >= 0.3 is 0 Å². The van der Waals surface area contributed by atoms with Gasteiger partial charge < -0.3 is 10.2 Å². The average molecular weight is 296 g/mol. The van der Waals surface area contributed by atoms with Crippen LogP contribution >= 0.6 is 15.9 Å². The Kier molecular flexibility index (Phi) is 3.59. The van der Waals surface area contributed by atoms with E-state index in [9.17, 15) is 0 Å². The van der Waals surface area contributed by atoms with Crippen molar-refractivity contribution in [2.75, 3.05) is 0 Å². The van der Waals surface area contributed by atoms with E-state index in [0.717, 1.165) is 23.4 Å². The predicted molar refractivity (Wildman–Crippen MR) is 69.4 cm³/mol. The Morgan fingerprint density at radius 1 is 1.35 bits per heavy atom. The van der Waals surface area contributed by atoms with Gasteiger partial charge in [0, 0.05) is 12.2 Å². The van der Waals surface area contributed by atoms with Gasteiger partial charge in [0.05, 0.1) is 5.69 Å². The van der Waals surface area contributed by atoms with Crippen LogP contribution in [-0.4, -0.2) is 9.97 Å². The first-order chi connectivity index (χ1) is 8.15. The first-order valence-electron chi connectivity index (χ1n) is 5.47. The predicted octanol–water partition coefficient (Wildman–Crippen LogP) is 2.83. The summed E-state index contributed by atoms with van der Waals surface area (Å²) < 4.78 is 6.12. The molecule has 4 nitrogen and oxygen atoms in total. The van der Waals surface area contributed by atoms with Crippen LogP contribution in [0, 0.1) is 6.92 Å². The maximum absolute atomic E-state index is 5.72. The molecule has 0 radical (unpaired) electrons. The molecule has 0 aliphatic rings.